The first kappa shape index (κ1) is 59.7. The van der Waals surface area contributed by atoms with Gasteiger partial charge in [-0.1, -0.05) is 90.8 Å². The van der Waals surface area contributed by atoms with Gasteiger partial charge in [-0.2, -0.15) is 0 Å². The maximum absolute atomic E-state index is 12.1. The fourth-order valence-corrected chi connectivity index (χ4v) is 6.76. The lowest BCUT2D eigenvalue weighted by molar-refractivity contribution is -0.154. The number of rotatable bonds is 18. The number of carbonyl (C=O) groups is 5. The van der Waals surface area contributed by atoms with Crippen molar-refractivity contribution in [2.24, 2.45) is 29.2 Å². The van der Waals surface area contributed by atoms with Crippen LogP contribution in [0.15, 0.2) is 30.3 Å². The van der Waals surface area contributed by atoms with E-state index in [2.05, 4.69) is 59.0 Å². The van der Waals surface area contributed by atoms with Gasteiger partial charge < -0.3 is 40.8 Å². The summed E-state index contributed by atoms with van der Waals surface area (Å²) in [6.07, 6.45) is 6.20. The van der Waals surface area contributed by atoms with Crippen molar-refractivity contribution in [1.29, 1.82) is 0 Å². The van der Waals surface area contributed by atoms with E-state index in [0.29, 0.717) is 30.7 Å². The number of nitrogens with one attached hydrogen (secondary N) is 1. The molecule has 0 radical (unpaired) electrons. The van der Waals surface area contributed by atoms with Gasteiger partial charge in [0.2, 0.25) is 24.6 Å². The van der Waals surface area contributed by atoms with Crippen molar-refractivity contribution in [2.45, 2.75) is 157 Å². The second kappa shape index (κ2) is 33.2. The molecule has 7 atom stereocenters. The van der Waals surface area contributed by atoms with Crippen LogP contribution in [0.5, 0.6) is 0 Å². The van der Waals surface area contributed by atoms with Gasteiger partial charge >= 0.3 is 5.97 Å². The van der Waals surface area contributed by atoms with E-state index in [1.54, 1.807) is 35.0 Å². The van der Waals surface area contributed by atoms with Crippen molar-refractivity contribution in [3.63, 3.8) is 0 Å². The lowest BCUT2D eigenvalue weighted by Crippen LogP contribution is -2.49. The molecule has 1 aromatic rings. The molecule has 7 unspecified atom stereocenters. The zero-order chi connectivity index (χ0) is 46.5. The Hall–Kier alpha value is -3.59. The molecular formula is C45H86N6O8. The van der Waals surface area contributed by atoms with Crippen LogP contribution in [0.3, 0.4) is 0 Å². The molecule has 1 aliphatic rings. The third-order valence-corrected chi connectivity index (χ3v) is 9.61. The highest BCUT2D eigenvalue weighted by Gasteiger charge is 2.33. The predicted octanol–water partition coefficient (Wildman–Crippen LogP) is 5.43. The average molecular weight is 839 g/mol. The molecule has 0 spiro atoms. The summed E-state index contributed by atoms with van der Waals surface area (Å²) in [5.74, 6) is 0.593. The topological polar surface area (TPSA) is 187 Å². The summed E-state index contributed by atoms with van der Waals surface area (Å²) in [5.41, 5.74) is 11.7. The fourth-order valence-electron chi connectivity index (χ4n) is 6.76. The van der Waals surface area contributed by atoms with E-state index in [-0.39, 0.29) is 54.6 Å². The lowest BCUT2D eigenvalue weighted by atomic mass is 9.91. The van der Waals surface area contributed by atoms with E-state index in [0.717, 1.165) is 38.6 Å². The van der Waals surface area contributed by atoms with E-state index in [1.165, 1.54) is 5.56 Å². The molecule has 0 bridgehead atoms. The van der Waals surface area contributed by atoms with Gasteiger partial charge in [-0.3, -0.25) is 28.9 Å². The van der Waals surface area contributed by atoms with Crippen molar-refractivity contribution in [2.75, 3.05) is 48.5 Å². The van der Waals surface area contributed by atoms with Crippen LogP contribution in [-0.2, 0) is 38.2 Å². The predicted molar refractivity (Wildman–Crippen MR) is 239 cm³/mol. The molecule has 1 fully saturated rings. The van der Waals surface area contributed by atoms with Gasteiger partial charge in [0.25, 0.3) is 0 Å². The molecule has 59 heavy (non-hydrogen) atoms. The Morgan fingerprint density at radius 1 is 0.932 bits per heavy atom. The highest BCUT2D eigenvalue weighted by molar-refractivity contribution is 5.80. The third kappa shape index (κ3) is 27.7. The first-order chi connectivity index (χ1) is 27.4. The molecule has 344 valence electrons. The van der Waals surface area contributed by atoms with Crippen LogP contribution < -0.4 is 16.8 Å². The van der Waals surface area contributed by atoms with Crippen LogP contribution in [0.2, 0.25) is 0 Å². The minimum atomic E-state index is -0.484. The number of carbonyl (C=O) groups excluding carboxylic acids is 5. The molecule has 2 rings (SSSR count). The first-order valence-electron chi connectivity index (χ1n) is 21.0. The normalized spacial score (nSPS) is 16.4. The Morgan fingerprint density at radius 2 is 1.49 bits per heavy atom. The average Bonchev–Trinajstić information content (AvgIpc) is 3.61. The minimum absolute atomic E-state index is 0.0687. The number of likely N-dealkylation sites (N-methyl/N-ethyl adjacent to an activating group) is 2. The number of benzene rings is 1. The highest BCUT2D eigenvalue weighted by atomic mass is 16.6. The zero-order valence-electron chi connectivity index (χ0n) is 39.9. The van der Waals surface area contributed by atoms with Crippen LogP contribution in [0, 0.1) is 24.7 Å². The number of ether oxygens (including phenoxy) is 3. The van der Waals surface area contributed by atoms with E-state index < -0.39 is 11.6 Å². The van der Waals surface area contributed by atoms with Gasteiger partial charge in [0.15, 0.2) is 0 Å². The molecule has 1 aliphatic heterocycles. The van der Waals surface area contributed by atoms with E-state index in [4.69, 9.17) is 25.7 Å². The number of nitrogens with two attached hydrogens (primary N) is 2. The SMILES string of the molecule is CC(C)(C)OC(=O)CNC=O.CC(C)C(C(N)=O)N(C)C.CCC(C)C(C(CC)OC)N(C)C(=O)CC(C)N.COC(C(C)C)C1CCCN1C=O.Cc1ccccc1. The van der Waals surface area contributed by atoms with Gasteiger partial charge in [-0.15, -0.1) is 0 Å². The molecule has 4 amide bonds. The molecule has 1 aromatic carbocycles. The van der Waals surface area contributed by atoms with Crippen LogP contribution in [-0.4, -0.2) is 136 Å². The first-order valence-corrected chi connectivity index (χ1v) is 21.0. The molecule has 0 aliphatic carbocycles. The number of aryl methyl sites for hydroxylation is 1. The number of esters is 1. The Labute approximate surface area is 358 Å². The Kier molecular flexibility index (Phi) is 33.6. The highest BCUT2D eigenvalue weighted by Crippen LogP contribution is 2.24. The monoisotopic (exact) mass is 839 g/mol. The van der Waals surface area contributed by atoms with E-state index in [1.807, 2.05) is 74.8 Å². The molecular weight excluding hydrogens is 753 g/mol. The second-order valence-corrected chi connectivity index (χ2v) is 17.0. The third-order valence-electron chi connectivity index (χ3n) is 9.61. The quantitative estimate of drug-likeness (QED) is 0.127. The van der Waals surface area contributed by atoms with Crippen molar-refractivity contribution in [3.05, 3.63) is 35.9 Å². The maximum Gasteiger partial charge on any atom is 0.325 e. The van der Waals surface area contributed by atoms with E-state index in [9.17, 15) is 24.0 Å². The van der Waals surface area contributed by atoms with Gasteiger partial charge in [-0.25, -0.2) is 0 Å². The molecule has 0 saturated carbocycles. The number of nitrogens with zero attached hydrogens (tertiary/aromatic N) is 3. The maximum atomic E-state index is 12.1. The van der Waals surface area contributed by atoms with Gasteiger partial charge in [0.05, 0.1) is 30.3 Å². The lowest BCUT2D eigenvalue weighted by Gasteiger charge is -2.37. The van der Waals surface area contributed by atoms with E-state index >= 15 is 0 Å². The Morgan fingerprint density at radius 3 is 1.80 bits per heavy atom. The van der Waals surface area contributed by atoms with Crippen molar-refractivity contribution < 1.29 is 38.2 Å². The minimum Gasteiger partial charge on any atom is -0.459 e. The zero-order valence-corrected chi connectivity index (χ0v) is 39.9. The molecule has 1 saturated heterocycles. The number of primary amides is 1. The van der Waals surface area contributed by atoms with Crippen LogP contribution >= 0.6 is 0 Å². The summed E-state index contributed by atoms with van der Waals surface area (Å²) in [6, 6.07) is 10.4. The second-order valence-electron chi connectivity index (χ2n) is 17.0. The number of amides is 4. The van der Waals surface area contributed by atoms with Crippen LogP contribution in [0.1, 0.15) is 114 Å². The standard InChI is InChI=1S/C14H30N2O2.C10H19NO2.C7H16N2O.C7H13NO3.C7H8/c1-7-10(3)14(12(8-2)18-6)16(5)13(17)9-11(4)15;1-8(2)10(13-3)9-5-4-6-11(9)7-12;1-5(2)6(7(8)10)9(3)4;1-7(2,3)11-6(10)4-8-5-9;1-7-5-3-2-4-6-7/h10-12,14H,7-9,15H2,1-6H3;7-10H,4-6H2,1-3H3;5-6H,1-4H3,(H2,8,10);5H,4H2,1-3H3,(H,8,9);2-6H,1H3. The fraction of sp³-hybridized carbons (Fsp3) is 0.756. The van der Waals surface area contributed by atoms with Crippen molar-refractivity contribution in [1.82, 2.24) is 20.0 Å². The summed E-state index contributed by atoms with van der Waals surface area (Å²) in [7, 11) is 9.02. The van der Waals surface area contributed by atoms with Crippen molar-refractivity contribution in [3.8, 4) is 0 Å². The summed E-state index contributed by atoms with van der Waals surface area (Å²) < 4.78 is 15.8. The number of likely N-dealkylation sites (tertiary alicyclic amines) is 1. The molecule has 0 aromatic heterocycles. The molecule has 14 nitrogen and oxygen atoms in total. The summed E-state index contributed by atoms with van der Waals surface area (Å²) in [4.78, 5) is 59.7. The number of hydrogen-bond acceptors (Lipinski definition) is 10. The van der Waals surface area contributed by atoms with Gasteiger partial charge in [-0.05, 0) is 85.7 Å². The van der Waals surface area contributed by atoms with Gasteiger partial charge in [0, 0.05) is 40.3 Å². The largest absolute Gasteiger partial charge is 0.459 e. The van der Waals surface area contributed by atoms with Gasteiger partial charge in [0.1, 0.15) is 12.1 Å². The van der Waals surface area contributed by atoms with Crippen molar-refractivity contribution >= 4 is 30.6 Å². The molecule has 5 N–H and O–H groups in total. The smallest absolute Gasteiger partial charge is 0.325 e. The molecule has 14 heteroatoms. The molecule has 1 heterocycles. The summed E-state index contributed by atoms with van der Waals surface area (Å²) in [5, 5.41) is 2.22. The van der Waals surface area contributed by atoms with Crippen LogP contribution in [0.4, 0.5) is 0 Å². The number of hydrogen-bond donors (Lipinski definition) is 3. The Balaban J connectivity index is -0.000000685. The Bertz CT molecular complexity index is 1250. The number of methoxy groups -OCH3 is 2. The summed E-state index contributed by atoms with van der Waals surface area (Å²) >= 11 is 0. The summed E-state index contributed by atoms with van der Waals surface area (Å²) in [6.45, 7) is 24.7. The van der Waals surface area contributed by atoms with Crippen LogP contribution in [0.25, 0.3) is 0 Å².